The number of rotatable bonds is 5. The van der Waals surface area contributed by atoms with E-state index in [0.717, 1.165) is 6.08 Å². The van der Waals surface area contributed by atoms with Gasteiger partial charge in [0.25, 0.3) is 5.79 Å². The molecule has 2 atom stereocenters. The van der Waals surface area contributed by atoms with Gasteiger partial charge < -0.3 is 14.2 Å². The molecule has 0 N–H and O–H groups in total. The van der Waals surface area contributed by atoms with Gasteiger partial charge in [0.05, 0.1) is 0 Å². The summed E-state index contributed by atoms with van der Waals surface area (Å²) >= 11 is 0. The van der Waals surface area contributed by atoms with Crippen molar-refractivity contribution in [2.45, 2.75) is 44.8 Å². The van der Waals surface area contributed by atoms with E-state index in [2.05, 4.69) is 4.74 Å². The van der Waals surface area contributed by atoms with Crippen molar-refractivity contribution in [3.8, 4) is 0 Å². The molecule has 0 saturated carbocycles. The zero-order valence-electron chi connectivity index (χ0n) is 10.4. The van der Waals surface area contributed by atoms with Crippen LogP contribution in [-0.2, 0) is 14.2 Å². The number of ether oxygens (including phenoxy) is 3. The fraction of sp³-hybridized carbons (Fsp3) is 0.727. The number of hydrogen-bond donors (Lipinski definition) is 0. The van der Waals surface area contributed by atoms with Crippen molar-refractivity contribution in [3.05, 3.63) is 11.9 Å². The van der Waals surface area contributed by atoms with E-state index in [0.29, 0.717) is 0 Å². The van der Waals surface area contributed by atoms with Crippen LogP contribution in [0.25, 0.3) is 0 Å². The van der Waals surface area contributed by atoms with Gasteiger partial charge in [-0.3, -0.25) is 0 Å². The summed E-state index contributed by atoms with van der Waals surface area (Å²) in [6.45, 7) is 2.29. The van der Waals surface area contributed by atoms with Crippen LogP contribution in [0.1, 0.15) is 26.7 Å². The van der Waals surface area contributed by atoms with Crippen LogP contribution in [0.15, 0.2) is 11.9 Å². The molecule has 0 aromatic rings. The van der Waals surface area contributed by atoms with Gasteiger partial charge in [0.2, 0.25) is 0 Å². The Morgan fingerprint density at radius 2 is 2.16 bits per heavy atom. The summed E-state index contributed by atoms with van der Waals surface area (Å²) in [5, 5.41) is 0. The van der Waals surface area contributed by atoms with Crippen molar-refractivity contribution in [1.82, 2.24) is 0 Å². The lowest BCUT2D eigenvalue weighted by Gasteiger charge is -2.23. The highest BCUT2D eigenvalue weighted by molar-refractivity contribution is 5.62. The molecule has 0 bridgehead atoms. The minimum atomic E-state index is -4.33. The Bertz CT molecular complexity index is 366. The van der Waals surface area contributed by atoms with E-state index in [-0.39, 0.29) is 0 Å². The fourth-order valence-corrected chi connectivity index (χ4v) is 1.33. The molecule has 0 aromatic heterocycles. The van der Waals surface area contributed by atoms with Gasteiger partial charge in [0.15, 0.2) is 6.10 Å². The molecular formula is C11H14F4O4. The van der Waals surface area contributed by atoms with Crippen molar-refractivity contribution in [3.63, 3.8) is 0 Å². The minimum absolute atomic E-state index is 0.471. The predicted octanol–water partition coefficient (Wildman–Crippen LogP) is 3.47. The third-order valence-corrected chi connectivity index (χ3v) is 2.59. The Kier molecular flexibility index (Phi) is 4.78. The molecule has 1 aliphatic rings. The molecule has 0 aliphatic carbocycles. The zero-order chi connectivity index (χ0) is 14.7. The SMILES string of the molecule is CC1OC(=O)OC1(C)OC/C(F)=C\CCC(F)(F)F. The van der Waals surface area contributed by atoms with Crippen molar-refractivity contribution in [1.29, 1.82) is 0 Å². The van der Waals surface area contributed by atoms with E-state index in [1.54, 1.807) is 0 Å². The van der Waals surface area contributed by atoms with Gasteiger partial charge in [0, 0.05) is 13.3 Å². The Balaban J connectivity index is 2.39. The Hall–Kier alpha value is -1.31. The highest BCUT2D eigenvalue weighted by Crippen LogP contribution is 2.28. The fourth-order valence-electron chi connectivity index (χ4n) is 1.33. The monoisotopic (exact) mass is 286 g/mol. The lowest BCUT2D eigenvalue weighted by atomic mass is 10.2. The first kappa shape index (κ1) is 15.7. The number of carbonyl (C=O) groups excluding carboxylic acids is 1. The number of halogens is 4. The zero-order valence-corrected chi connectivity index (χ0v) is 10.4. The third-order valence-electron chi connectivity index (χ3n) is 2.59. The number of hydrogen-bond acceptors (Lipinski definition) is 4. The average molecular weight is 286 g/mol. The molecule has 0 aromatic carbocycles. The van der Waals surface area contributed by atoms with Gasteiger partial charge in [-0.2, -0.15) is 13.2 Å². The largest absolute Gasteiger partial charge is 0.511 e. The van der Waals surface area contributed by atoms with Crippen LogP contribution in [0.4, 0.5) is 22.4 Å². The summed E-state index contributed by atoms with van der Waals surface area (Å²) in [5.41, 5.74) is 0. The summed E-state index contributed by atoms with van der Waals surface area (Å²) in [5.74, 6) is -2.30. The standard InChI is InChI=1S/C11H14F4O4/c1-7-10(2,19-9(16)18-7)17-6-8(12)4-3-5-11(13,14)15/h4,7H,3,5-6H2,1-2H3/b8-4+. The summed E-state index contributed by atoms with van der Waals surface area (Å²) < 4.78 is 63.1. The van der Waals surface area contributed by atoms with Crippen molar-refractivity contribution in [2.75, 3.05) is 6.61 Å². The molecule has 1 aliphatic heterocycles. The van der Waals surface area contributed by atoms with Gasteiger partial charge in [-0.1, -0.05) is 6.08 Å². The summed E-state index contributed by atoms with van der Waals surface area (Å²) in [4.78, 5) is 10.8. The smallest absolute Gasteiger partial charge is 0.424 e. The summed E-state index contributed by atoms with van der Waals surface area (Å²) in [7, 11) is 0. The maximum atomic E-state index is 13.2. The van der Waals surface area contributed by atoms with Crippen LogP contribution in [0.2, 0.25) is 0 Å². The molecule has 0 spiro atoms. The predicted molar refractivity (Wildman–Crippen MR) is 55.9 cm³/mol. The second-order valence-corrected chi connectivity index (χ2v) is 4.22. The molecule has 0 amide bonds. The molecule has 1 saturated heterocycles. The lowest BCUT2D eigenvalue weighted by Crippen LogP contribution is -2.38. The second kappa shape index (κ2) is 5.77. The van der Waals surface area contributed by atoms with E-state index in [4.69, 9.17) is 9.47 Å². The minimum Gasteiger partial charge on any atom is -0.424 e. The molecule has 4 nitrogen and oxygen atoms in total. The lowest BCUT2D eigenvalue weighted by molar-refractivity contribution is -0.182. The molecule has 110 valence electrons. The number of alkyl halides is 3. The van der Waals surface area contributed by atoms with Gasteiger partial charge in [-0.05, 0) is 13.3 Å². The molecule has 8 heteroatoms. The van der Waals surface area contributed by atoms with Gasteiger partial charge in [0.1, 0.15) is 12.4 Å². The third kappa shape index (κ3) is 5.06. The van der Waals surface area contributed by atoms with E-state index in [1.165, 1.54) is 13.8 Å². The number of allylic oxidation sites excluding steroid dienone is 1. The first-order valence-corrected chi connectivity index (χ1v) is 5.57. The van der Waals surface area contributed by atoms with Crippen molar-refractivity contribution >= 4 is 6.16 Å². The highest BCUT2D eigenvalue weighted by atomic mass is 19.4. The van der Waals surface area contributed by atoms with Crippen LogP contribution in [-0.4, -0.2) is 30.8 Å². The molecule has 1 heterocycles. The Morgan fingerprint density at radius 3 is 2.63 bits per heavy atom. The van der Waals surface area contributed by atoms with Crippen LogP contribution in [0.3, 0.4) is 0 Å². The van der Waals surface area contributed by atoms with E-state index >= 15 is 0 Å². The van der Waals surface area contributed by atoms with Crippen molar-refractivity contribution in [2.24, 2.45) is 0 Å². The molecule has 0 radical (unpaired) electrons. The summed E-state index contributed by atoms with van der Waals surface area (Å²) in [6, 6.07) is 0. The van der Waals surface area contributed by atoms with Crippen LogP contribution < -0.4 is 0 Å². The molecular weight excluding hydrogens is 272 g/mol. The van der Waals surface area contributed by atoms with E-state index < -0.39 is 49.5 Å². The Labute approximate surface area is 107 Å². The highest BCUT2D eigenvalue weighted by Gasteiger charge is 2.46. The van der Waals surface area contributed by atoms with Crippen LogP contribution in [0.5, 0.6) is 0 Å². The number of carbonyl (C=O) groups is 1. The normalized spacial score (nSPS) is 28.2. The van der Waals surface area contributed by atoms with Crippen molar-refractivity contribution < 1.29 is 36.6 Å². The van der Waals surface area contributed by atoms with E-state index in [1.807, 2.05) is 0 Å². The summed E-state index contributed by atoms with van der Waals surface area (Å²) in [6.07, 6.45) is -6.78. The van der Waals surface area contributed by atoms with Gasteiger partial charge >= 0.3 is 12.3 Å². The maximum absolute atomic E-state index is 13.2. The topological polar surface area (TPSA) is 44.8 Å². The quantitative estimate of drug-likeness (QED) is 0.573. The van der Waals surface area contributed by atoms with Gasteiger partial charge in [-0.25, -0.2) is 9.18 Å². The molecule has 1 rings (SSSR count). The first-order valence-electron chi connectivity index (χ1n) is 5.57. The molecule has 1 fully saturated rings. The van der Waals surface area contributed by atoms with Crippen LogP contribution >= 0.6 is 0 Å². The first-order chi connectivity index (χ1) is 8.62. The van der Waals surface area contributed by atoms with E-state index in [9.17, 15) is 22.4 Å². The molecule has 19 heavy (non-hydrogen) atoms. The maximum Gasteiger partial charge on any atom is 0.511 e. The Morgan fingerprint density at radius 1 is 1.53 bits per heavy atom. The average Bonchev–Trinajstić information content (AvgIpc) is 2.48. The van der Waals surface area contributed by atoms with Gasteiger partial charge in [-0.15, -0.1) is 0 Å². The number of cyclic esters (lactones) is 2. The molecule has 2 unspecified atom stereocenters. The second-order valence-electron chi connectivity index (χ2n) is 4.22. The van der Waals surface area contributed by atoms with Crippen LogP contribution in [0, 0.1) is 0 Å².